The zero-order valence-electron chi connectivity index (χ0n) is 11.6. The summed E-state index contributed by atoms with van der Waals surface area (Å²) in [5, 5.41) is 9.84. The smallest absolute Gasteiger partial charge is 0.276 e. The van der Waals surface area contributed by atoms with Gasteiger partial charge in [0.15, 0.2) is 0 Å². The Morgan fingerprint density at radius 2 is 2.20 bits per heavy atom. The number of hydrogen-bond acceptors (Lipinski definition) is 7. The highest BCUT2D eigenvalue weighted by Crippen LogP contribution is 2.31. The molecule has 0 N–H and O–H groups in total. The first-order valence-corrected chi connectivity index (χ1v) is 8.55. The van der Waals surface area contributed by atoms with E-state index in [1.54, 1.807) is 23.1 Å². The molecule has 1 fully saturated rings. The molecule has 0 amide bonds. The number of nitrogens with zero attached hydrogens (tertiary/aromatic N) is 3. The molecule has 2 aromatic rings. The minimum absolute atomic E-state index is 0.316. The second kappa shape index (κ2) is 6.24. The summed E-state index contributed by atoms with van der Waals surface area (Å²) in [6.07, 6.45) is 3.87. The SMILES string of the molecule is Cc1nc(C)c(-c2nnc(SCC3CCCCO3)o2)s1. The van der Waals surface area contributed by atoms with Gasteiger partial charge in [-0.15, -0.1) is 21.5 Å². The van der Waals surface area contributed by atoms with Crippen molar-refractivity contribution in [2.75, 3.05) is 12.4 Å². The van der Waals surface area contributed by atoms with E-state index >= 15 is 0 Å². The van der Waals surface area contributed by atoms with Crippen LogP contribution < -0.4 is 0 Å². The van der Waals surface area contributed by atoms with Gasteiger partial charge in [0.25, 0.3) is 11.1 Å². The van der Waals surface area contributed by atoms with Crippen LogP contribution in [0.3, 0.4) is 0 Å². The maximum absolute atomic E-state index is 5.71. The Kier molecular flexibility index (Phi) is 4.38. The fourth-order valence-corrected chi connectivity index (χ4v) is 3.86. The topological polar surface area (TPSA) is 61.0 Å². The number of aryl methyl sites for hydroxylation is 2. The number of thioether (sulfide) groups is 1. The number of hydrogen-bond donors (Lipinski definition) is 0. The van der Waals surface area contributed by atoms with E-state index in [9.17, 15) is 0 Å². The van der Waals surface area contributed by atoms with Crippen molar-refractivity contribution in [3.63, 3.8) is 0 Å². The standard InChI is InChI=1S/C13H17N3O2S2/c1-8-11(20-9(2)14-8)12-15-16-13(18-12)19-7-10-5-3-4-6-17-10/h10H,3-7H2,1-2H3. The first kappa shape index (κ1) is 14.0. The quantitative estimate of drug-likeness (QED) is 0.806. The molecule has 0 saturated carbocycles. The highest BCUT2D eigenvalue weighted by atomic mass is 32.2. The second-order valence-electron chi connectivity index (χ2n) is 4.82. The van der Waals surface area contributed by atoms with Crippen LogP contribution in [-0.4, -0.2) is 33.6 Å². The van der Waals surface area contributed by atoms with E-state index in [0.717, 1.165) is 34.4 Å². The lowest BCUT2D eigenvalue weighted by Gasteiger charge is -2.21. The van der Waals surface area contributed by atoms with Gasteiger partial charge in [0.2, 0.25) is 0 Å². The Hall–Kier alpha value is -0.920. The number of ether oxygens (including phenoxy) is 1. The van der Waals surface area contributed by atoms with Crippen molar-refractivity contribution >= 4 is 23.1 Å². The monoisotopic (exact) mass is 311 g/mol. The predicted octanol–water partition coefficient (Wildman–Crippen LogP) is 3.47. The largest absolute Gasteiger partial charge is 0.410 e. The second-order valence-corrected chi connectivity index (χ2v) is 6.99. The van der Waals surface area contributed by atoms with Crippen molar-refractivity contribution < 1.29 is 9.15 Å². The van der Waals surface area contributed by atoms with Gasteiger partial charge in [-0.2, -0.15) is 0 Å². The van der Waals surface area contributed by atoms with Crippen LogP contribution in [0.1, 0.15) is 30.0 Å². The van der Waals surface area contributed by atoms with Crippen LogP contribution in [-0.2, 0) is 4.74 Å². The van der Waals surface area contributed by atoms with E-state index in [-0.39, 0.29) is 0 Å². The maximum atomic E-state index is 5.71. The average Bonchev–Trinajstić information content (AvgIpc) is 3.04. The van der Waals surface area contributed by atoms with Crippen LogP contribution in [0.15, 0.2) is 9.64 Å². The highest BCUT2D eigenvalue weighted by molar-refractivity contribution is 7.99. The lowest BCUT2D eigenvalue weighted by atomic mass is 10.1. The van der Waals surface area contributed by atoms with Crippen molar-refractivity contribution in [1.82, 2.24) is 15.2 Å². The number of rotatable bonds is 4. The minimum atomic E-state index is 0.316. The lowest BCUT2D eigenvalue weighted by Crippen LogP contribution is -2.21. The number of aromatic nitrogens is 3. The minimum Gasteiger partial charge on any atom is -0.410 e. The van der Waals surface area contributed by atoms with Gasteiger partial charge < -0.3 is 9.15 Å². The molecule has 20 heavy (non-hydrogen) atoms. The predicted molar refractivity (Wildman–Crippen MR) is 79.2 cm³/mol. The van der Waals surface area contributed by atoms with Crippen molar-refractivity contribution in [2.45, 2.75) is 44.4 Å². The molecule has 1 unspecified atom stereocenters. The molecule has 0 aliphatic carbocycles. The van der Waals surface area contributed by atoms with Gasteiger partial charge in [-0.25, -0.2) is 4.98 Å². The van der Waals surface area contributed by atoms with Crippen molar-refractivity contribution in [1.29, 1.82) is 0 Å². The molecule has 5 nitrogen and oxygen atoms in total. The average molecular weight is 311 g/mol. The van der Waals surface area contributed by atoms with E-state index in [1.807, 2.05) is 13.8 Å². The molecule has 1 aliphatic rings. The Morgan fingerprint density at radius 1 is 1.30 bits per heavy atom. The molecule has 3 heterocycles. The molecular formula is C13H17N3O2S2. The summed E-state index contributed by atoms with van der Waals surface area (Å²) in [6.45, 7) is 4.82. The Morgan fingerprint density at radius 3 is 2.90 bits per heavy atom. The molecule has 3 rings (SSSR count). The van der Waals surface area contributed by atoms with Gasteiger partial charge in [-0.05, 0) is 33.1 Å². The van der Waals surface area contributed by atoms with Crippen LogP contribution in [0, 0.1) is 13.8 Å². The van der Waals surface area contributed by atoms with Crippen LogP contribution in [0.25, 0.3) is 10.8 Å². The molecular weight excluding hydrogens is 294 g/mol. The highest BCUT2D eigenvalue weighted by Gasteiger charge is 2.18. The van der Waals surface area contributed by atoms with E-state index in [1.165, 1.54) is 12.8 Å². The fraction of sp³-hybridized carbons (Fsp3) is 0.615. The Balaban J connectivity index is 1.63. The van der Waals surface area contributed by atoms with Gasteiger partial charge in [0.05, 0.1) is 16.8 Å². The molecule has 2 aromatic heterocycles. The van der Waals surface area contributed by atoms with Crippen LogP contribution >= 0.6 is 23.1 Å². The van der Waals surface area contributed by atoms with Gasteiger partial charge in [0, 0.05) is 12.4 Å². The zero-order chi connectivity index (χ0) is 13.9. The summed E-state index contributed by atoms with van der Waals surface area (Å²) in [6, 6.07) is 0. The zero-order valence-corrected chi connectivity index (χ0v) is 13.2. The Bertz CT molecular complexity index is 576. The molecule has 108 valence electrons. The first-order chi connectivity index (χ1) is 9.72. The van der Waals surface area contributed by atoms with Gasteiger partial charge in [-0.3, -0.25) is 0 Å². The third kappa shape index (κ3) is 3.21. The van der Waals surface area contributed by atoms with Gasteiger partial charge >= 0.3 is 0 Å². The van der Waals surface area contributed by atoms with Gasteiger partial charge in [-0.1, -0.05) is 11.8 Å². The molecule has 1 atom stereocenters. The summed E-state index contributed by atoms with van der Waals surface area (Å²) in [7, 11) is 0. The maximum Gasteiger partial charge on any atom is 0.276 e. The molecule has 0 radical (unpaired) electrons. The first-order valence-electron chi connectivity index (χ1n) is 6.74. The van der Waals surface area contributed by atoms with Crippen molar-refractivity contribution in [2.24, 2.45) is 0 Å². The third-order valence-electron chi connectivity index (χ3n) is 3.17. The van der Waals surface area contributed by atoms with Crippen LogP contribution in [0.2, 0.25) is 0 Å². The molecule has 7 heteroatoms. The van der Waals surface area contributed by atoms with Gasteiger partial charge in [0.1, 0.15) is 4.88 Å². The summed E-state index contributed by atoms with van der Waals surface area (Å²) >= 11 is 3.16. The lowest BCUT2D eigenvalue weighted by molar-refractivity contribution is 0.0314. The molecule has 1 aliphatic heterocycles. The molecule has 0 spiro atoms. The summed E-state index contributed by atoms with van der Waals surface area (Å²) in [4.78, 5) is 5.35. The third-order valence-corrected chi connectivity index (χ3v) is 5.18. The summed E-state index contributed by atoms with van der Waals surface area (Å²) in [5.41, 5.74) is 0.948. The molecule has 1 saturated heterocycles. The molecule has 0 aromatic carbocycles. The van der Waals surface area contributed by atoms with E-state index < -0.39 is 0 Å². The van der Waals surface area contributed by atoms with Crippen molar-refractivity contribution in [3.05, 3.63) is 10.7 Å². The van der Waals surface area contributed by atoms with Crippen LogP contribution in [0.5, 0.6) is 0 Å². The Labute approximate surface area is 126 Å². The normalized spacial score (nSPS) is 19.4. The van der Waals surface area contributed by atoms with E-state index in [0.29, 0.717) is 17.2 Å². The van der Waals surface area contributed by atoms with E-state index in [2.05, 4.69) is 15.2 Å². The fourth-order valence-electron chi connectivity index (χ4n) is 2.19. The van der Waals surface area contributed by atoms with E-state index in [4.69, 9.17) is 9.15 Å². The van der Waals surface area contributed by atoms with Crippen molar-refractivity contribution in [3.8, 4) is 10.8 Å². The number of thiazole rings is 1. The van der Waals surface area contributed by atoms with Crippen LogP contribution in [0.4, 0.5) is 0 Å². The summed E-state index contributed by atoms with van der Waals surface area (Å²) < 4.78 is 11.4. The molecule has 0 bridgehead atoms. The summed E-state index contributed by atoms with van der Waals surface area (Å²) in [5.74, 6) is 1.45.